The minimum atomic E-state index is -0.143. The van der Waals surface area contributed by atoms with Crippen molar-refractivity contribution in [1.29, 1.82) is 0 Å². The number of urea groups is 1. The Morgan fingerprint density at radius 1 is 1.24 bits per heavy atom. The first-order chi connectivity index (χ1) is 12.1. The summed E-state index contributed by atoms with van der Waals surface area (Å²) < 4.78 is 0. The van der Waals surface area contributed by atoms with Crippen LogP contribution in [-0.2, 0) is 11.3 Å². The summed E-state index contributed by atoms with van der Waals surface area (Å²) in [7, 11) is 1.81. The predicted octanol–water partition coefficient (Wildman–Crippen LogP) is 2.92. The molecule has 1 aliphatic rings. The molecule has 6 heteroatoms. The summed E-state index contributed by atoms with van der Waals surface area (Å²) in [5.41, 5.74) is 1.77. The third-order valence-corrected chi connectivity index (χ3v) is 4.53. The number of aromatic nitrogens is 1. The van der Waals surface area contributed by atoms with E-state index in [-0.39, 0.29) is 17.9 Å². The summed E-state index contributed by atoms with van der Waals surface area (Å²) in [6, 6.07) is 13.1. The lowest BCUT2D eigenvalue weighted by Crippen LogP contribution is -2.47. The summed E-state index contributed by atoms with van der Waals surface area (Å²) in [4.78, 5) is 31.7. The highest BCUT2D eigenvalue weighted by Crippen LogP contribution is 2.20. The molecule has 1 unspecified atom stereocenters. The minimum absolute atomic E-state index is 0.0896. The lowest BCUT2D eigenvalue weighted by atomic mass is 9.97. The van der Waals surface area contributed by atoms with E-state index in [0.717, 1.165) is 24.2 Å². The summed E-state index contributed by atoms with van der Waals surface area (Å²) in [6.07, 6.45) is 3.52. The van der Waals surface area contributed by atoms with Crippen LogP contribution in [-0.4, -0.2) is 46.9 Å². The normalized spacial score (nSPS) is 17.2. The molecular weight excluding hydrogens is 316 g/mol. The smallest absolute Gasteiger partial charge is 0.321 e. The van der Waals surface area contributed by atoms with Gasteiger partial charge >= 0.3 is 6.03 Å². The van der Waals surface area contributed by atoms with E-state index < -0.39 is 0 Å². The van der Waals surface area contributed by atoms with Crippen molar-refractivity contribution in [1.82, 2.24) is 14.8 Å². The average molecular weight is 340 g/mol. The number of hydrogen-bond donors (Lipinski definition) is 2. The lowest BCUT2D eigenvalue weighted by molar-refractivity contribution is -0.136. The molecule has 2 aromatic rings. The number of anilines is 1. The molecule has 25 heavy (non-hydrogen) atoms. The fourth-order valence-corrected chi connectivity index (χ4v) is 3.20. The number of nitrogens with zero attached hydrogens (tertiary/aromatic N) is 2. The Labute approximate surface area is 147 Å². The second-order valence-corrected chi connectivity index (χ2v) is 6.47. The number of amides is 3. The van der Waals surface area contributed by atoms with Gasteiger partial charge in [-0.05, 0) is 37.1 Å². The van der Waals surface area contributed by atoms with Crippen molar-refractivity contribution in [3.8, 4) is 0 Å². The van der Waals surface area contributed by atoms with Crippen molar-refractivity contribution >= 4 is 17.6 Å². The van der Waals surface area contributed by atoms with Crippen LogP contribution in [0.5, 0.6) is 0 Å². The molecule has 1 aromatic carbocycles. The number of carbonyl (C=O) groups is 2. The number of likely N-dealkylation sites (tertiary alicyclic amines) is 1. The summed E-state index contributed by atoms with van der Waals surface area (Å²) in [6.45, 7) is 1.70. The Morgan fingerprint density at radius 2 is 2.04 bits per heavy atom. The van der Waals surface area contributed by atoms with Crippen molar-refractivity contribution < 1.29 is 9.59 Å². The molecule has 1 atom stereocenters. The number of H-pyrrole nitrogens is 1. The number of benzene rings is 1. The van der Waals surface area contributed by atoms with Crippen LogP contribution in [0.2, 0.25) is 0 Å². The number of hydrogen-bond acceptors (Lipinski definition) is 2. The minimum Gasteiger partial charge on any atom is -0.364 e. The van der Waals surface area contributed by atoms with Crippen molar-refractivity contribution in [2.75, 3.05) is 25.5 Å². The number of rotatable bonds is 4. The molecule has 1 aliphatic heterocycles. The molecule has 2 N–H and O–H groups in total. The van der Waals surface area contributed by atoms with Crippen LogP contribution >= 0.6 is 0 Å². The summed E-state index contributed by atoms with van der Waals surface area (Å²) in [5, 5.41) is 2.89. The highest BCUT2D eigenvalue weighted by molar-refractivity contribution is 5.90. The average Bonchev–Trinajstić information content (AvgIpc) is 3.15. The van der Waals surface area contributed by atoms with Gasteiger partial charge in [0.15, 0.2) is 0 Å². The van der Waals surface area contributed by atoms with E-state index in [1.54, 1.807) is 9.80 Å². The zero-order chi connectivity index (χ0) is 17.6. The van der Waals surface area contributed by atoms with Gasteiger partial charge in [-0.3, -0.25) is 4.79 Å². The van der Waals surface area contributed by atoms with E-state index >= 15 is 0 Å². The second kappa shape index (κ2) is 7.88. The van der Waals surface area contributed by atoms with E-state index in [1.165, 1.54) is 0 Å². The number of piperidine rings is 1. The summed E-state index contributed by atoms with van der Waals surface area (Å²) in [5.74, 6) is -0.0537. The van der Waals surface area contributed by atoms with Crippen LogP contribution in [0.15, 0.2) is 48.7 Å². The predicted molar refractivity (Wildman–Crippen MR) is 97.0 cm³/mol. The maximum atomic E-state index is 12.7. The fraction of sp³-hybridized carbons (Fsp3) is 0.368. The SMILES string of the molecule is CN(Cc1ccc[nH]1)C(=O)C1CCCN(C(=O)Nc2ccccc2)C1. The van der Waals surface area contributed by atoms with Gasteiger partial charge in [-0.1, -0.05) is 18.2 Å². The second-order valence-electron chi connectivity index (χ2n) is 6.47. The molecule has 1 fully saturated rings. The topological polar surface area (TPSA) is 68.4 Å². The van der Waals surface area contributed by atoms with Gasteiger partial charge in [0.05, 0.1) is 12.5 Å². The maximum absolute atomic E-state index is 12.7. The molecule has 0 radical (unpaired) electrons. The number of aromatic amines is 1. The first-order valence-corrected chi connectivity index (χ1v) is 8.61. The molecule has 132 valence electrons. The van der Waals surface area contributed by atoms with E-state index in [2.05, 4.69) is 10.3 Å². The van der Waals surface area contributed by atoms with Crippen LogP contribution in [0.1, 0.15) is 18.5 Å². The van der Waals surface area contributed by atoms with E-state index in [0.29, 0.717) is 19.6 Å². The Hall–Kier alpha value is -2.76. The monoisotopic (exact) mass is 340 g/mol. The zero-order valence-electron chi connectivity index (χ0n) is 14.4. The lowest BCUT2D eigenvalue weighted by Gasteiger charge is -2.34. The van der Waals surface area contributed by atoms with Gasteiger partial charge in [-0.25, -0.2) is 4.79 Å². The van der Waals surface area contributed by atoms with E-state index in [9.17, 15) is 9.59 Å². The molecule has 1 aromatic heterocycles. The van der Waals surface area contributed by atoms with Crippen molar-refractivity contribution in [3.63, 3.8) is 0 Å². The standard InChI is InChI=1S/C19H24N4O2/c1-22(14-17-10-5-11-20-17)18(24)15-7-6-12-23(13-15)19(25)21-16-8-3-2-4-9-16/h2-5,8-11,15,20H,6-7,12-14H2,1H3,(H,21,25). The number of nitrogens with one attached hydrogen (secondary N) is 2. The molecule has 2 heterocycles. The fourth-order valence-electron chi connectivity index (χ4n) is 3.20. The van der Waals surface area contributed by atoms with Crippen LogP contribution in [0.3, 0.4) is 0 Å². The molecule has 6 nitrogen and oxygen atoms in total. The molecule has 3 rings (SSSR count). The summed E-state index contributed by atoms with van der Waals surface area (Å²) >= 11 is 0. The van der Waals surface area contributed by atoms with Crippen LogP contribution in [0.25, 0.3) is 0 Å². The quantitative estimate of drug-likeness (QED) is 0.898. The maximum Gasteiger partial charge on any atom is 0.321 e. The van der Waals surface area contributed by atoms with Crippen molar-refractivity contribution in [2.24, 2.45) is 5.92 Å². The zero-order valence-corrected chi connectivity index (χ0v) is 14.4. The van der Waals surface area contributed by atoms with E-state index in [1.807, 2.05) is 55.7 Å². The largest absolute Gasteiger partial charge is 0.364 e. The van der Waals surface area contributed by atoms with Gasteiger partial charge in [0.25, 0.3) is 0 Å². The van der Waals surface area contributed by atoms with E-state index in [4.69, 9.17) is 0 Å². The van der Waals surface area contributed by atoms with Gasteiger partial charge in [0.1, 0.15) is 0 Å². The number of para-hydroxylation sites is 1. The van der Waals surface area contributed by atoms with Gasteiger partial charge in [0.2, 0.25) is 5.91 Å². The Morgan fingerprint density at radius 3 is 2.76 bits per heavy atom. The van der Waals surface area contributed by atoms with Crippen LogP contribution in [0.4, 0.5) is 10.5 Å². The van der Waals surface area contributed by atoms with Gasteiger partial charge < -0.3 is 20.1 Å². The molecule has 0 saturated carbocycles. The van der Waals surface area contributed by atoms with Crippen LogP contribution in [0, 0.1) is 5.92 Å². The first-order valence-electron chi connectivity index (χ1n) is 8.61. The van der Waals surface area contributed by atoms with Crippen molar-refractivity contribution in [3.05, 3.63) is 54.4 Å². The Balaban J connectivity index is 1.56. The highest BCUT2D eigenvalue weighted by Gasteiger charge is 2.30. The molecule has 1 saturated heterocycles. The first kappa shape index (κ1) is 17.1. The molecule has 3 amide bonds. The Bertz CT molecular complexity index is 699. The molecular formula is C19H24N4O2. The molecule has 0 aliphatic carbocycles. The van der Waals surface area contributed by atoms with Gasteiger partial charge in [-0.15, -0.1) is 0 Å². The van der Waals surface area contributed by atoms with Gasteiger partial charge in [0, 0.05) is 37.7 Å². The molecule has 0 spiro atoms. The van der Waals surface area contributed by atoms with Crippen LogP contribution < -0.4 is 5.32 Å². The Kier molecular flexibility index (Phi) is 5.38. The van der Waals surface area contributed by atoms with Gasteiger partial charge in [-0.2, -0.15) is 0 Å². The third-order valence-electron chi connectivity index (χ3n) is 4.53. The van der Waals surface area contributed by atoms with Crippen molar-refractivity contribution in [2.45, 2.75) is 19.4 Å². The molecule has 0 bridgehead atoms. The number of carbonyl (C=O) groups excluding carboxylic acids is 2. The third kappa shape index (κ3) is 4.41. The highest BCUT2D eigenvalue weighted by atomic mass is 16.2.